The van der Waals surface area contributed by atoms with Gasteiger partial charge < -0.3 is 0 Å². The topological polar surface area (TPSA) is 54.5 Å². The minimum Gasteiger partial charge on any atom is -0.241 e. The number of thiazole rings is 1. The lowest BCUT2D eigenvalue weighted by Gasteiger charge is -2.02. The van der Waals surface area contributed by atoms with Gasteiger partial charge in [0.05, 0.1) is 6.54 Å². The Hall–Kier alpha value is -2.97. The molecule has 0 saturated carbocycles. The summed E-state index contributed by atoms with van der Waals surface area (Å²) in [5, 5.41) is 14.4. The first-order chi connectivity index (χ1) is 11.3. The van der Waals surface area contributed by atoms with Crippen LogP contribution in [-0.4, -0.2) is 14.8 Å². The Morgan fingerprint density at radius 2 is 1.70 bits per heavy atom. The number of aromatic nitrogens is 3. The van der Waals surface area contributed by atoms with Crippen LogP contribution in [0.25, 0.3) is 21.6 Å². The molecule has 23 heavy (non-hydrogen) atoms. The molecule has 2 aromatic heterocycles. The van der Waals surface area contributed by atoms with Crippen molar-refractivity contribution in [2.45, 2.75) is 6.54 Å². The lowest BCUT2D eigenvalue weighted by atomic mass is 10.2. The number of benzene rings is 2. The minimum absolute atomic E-state index is 0.469. The Balaban J connectivity index is 1.88. The fourth-order valence-electron chi connectivity index (χ4n) is 2.55. The van der Waals surface area contributed by atoms with Crippen LogP contribution in [0.5, 0.6) is 0 Å². The Morgan fingerprint density at radius 3 is 2.39 bits per heavy atom. The molecule has 0 fully saturated rings. The third kappa shape index (κ3) is 2.50. The van der Waals surface area contributed by atoms with Gasteiger partial charge in [-0.05, 0) is 5.56 Å². The molecule has 110 valence electrons. The standard InChI is InChI=1S/C18H12N4S/c19-11-15-20-18-17(23-15)16(14-9-5-2-6-10-14)21-22(18)12-13-7-3-1-4-8-13/h1-10H,12H2. The average Bonchev–Trinajstić information content (AvgIpc) is 3.17. The van der Waals surface area contributed by atoms with Crippen molar-refractivity contribution in [2.75, 3.05) is 0 Å². The first-order valence-corrected chi connectivity index (χ1v) is 8.03. The molecule has 0 radical (unpaired) electrons. The smallest absolute Gasteiger partial charge is 0.197 e. The van der Waals surface area contributed by atoms with E-state index in [0.717, 1.165) is 27.2 Å². The summed E-state index contributed by atoms with van der Waals surface area (Å²) in [7, 11) is 0. The van der Waals surface area contributed by atoms with Crippen LogP contribution in [-0.2, 0) is 6.54 Å². The molecule has 0 unspecified atom stereocenters. The van der Waals surface area contributed by atoms with Crippen LogP contribution in [0.4, 0.5) is 0 Å². The van der Waals surface area contributed by atoms with Crippen molar-refractivity contribution in [3.05, 3.63) is 71.2 Å². The summed E-state index contributed by atoms with van der Waals surface area (Å²) in [6.45, 7) is 0.638. The van der Waals surface area contributed by atoms with Crippen molar-refractivity contribution >= 4 is 21.7 Å². The third-order valence-corrected chi connectivity index (χ3v) is 4.56. The monoisotopic (exact) mass is 316 g/mol. The Labute approximate surface area is 137 Å². The maximum Gasteiger partial charge on any atom is 0.197 e. The highest BCUT2D eigenvalue weighted by Gasteiger charge is 2.17. The zero-order valence-electron chi connectivity index (χ0n) is 12.2. The van der Waals surface area contributed by atoms with Gasteiger partial charge in [0.15, 0.2) is 10.7 Å². The van der Waals surface area contributed by atoms with Crippen molar-refractivity contribution in [3.63, 3.8) is 0 Å². The van der Waals surface area contributed by atoms with E-state index in [2.05, 4.69) is 23.2 Å². The highest BCUT2D eigenvalue weighted by Crippen LogP contribution is 2.32. The normalized spacial score (nSPS) is 10.7. The molecule has 0 aliphatic carbocycles. The van der Waals surface area contributed by atoms with Crippen LogP contribution in [0.2, 0.25) is 0 Å². The van der Waals surface area contributed by atoms with E-state index in [0.29, 0.717) is 11.6 Å². The van der Waals surface area contributed by atoms with Crippen molar-refractivity contribution < 1.29 is 0 Å². The van der Waals surface area contributed by atoms with Gasteiger partial charge in [-0.15, -0.1) is 0 Å². The van der Waals surface area contributed by atoms with Crippen LogP contribution in [0.1, 0.15) is 10.6 Å². The molecule has 0 N–H and O–H groups in total. The SMILES string of the molecule is N#Cc1nc2c(s1)c(-c1ccccc1)nn2Cc1ccccc1. The summed E-state index contributed by atoms with van der Waals surface area (Å²) in [5.41, 5.74) is 3.85. The van der Waals surface area contributed by atoms with Crippen LogP contribution >= 0.6 is 11.3 Å². The van der Waals surface area contributed by atoms with Crippen molar-refractivity contribution in [3.8, 4) is 17.3 Å². The van der Waals surface area contributed by atoms with E-state index < -0.39 is 0 Å². The maximum absolute atomic E-state index is 9.17. The number of fused-ring (bicyclic) bond motifs is 1. The molecule has 0 spiro atoms. The predicted octanol–water partition coefficient (Wildman–Crippen LogP) is 4.08. The molecule has 2 aromatic carbocycles. The van der Waals surface area contributed by atoms with Crippen molar-refractivity contribution in [1.82, 2.24) is 14.8 Å². The summed E-state index contributed by atoms with van der Waals surface area (Å²) in [5.74, 6) is 0. The Kier molecular flexibility index (Phi) is 3.37. The van der Waals surface area contributed by atoms with Gasteiger partial charge in [-0.2, -0.15) is 10.4 Å². The van der Waals surface area contributed by atoms with Gasteiger partial charge in [0, 0.05) is 5.56 Å². The van der Waals surface area contributed by atoms with Gasteiger partial charge in [-0.1, -0.05) is 72.0 Å². The summed E-state index contributed by atoms with van der Waals surface area (Å²) in [4.78, 5) is 4.43. The van der Waals surface area contributed by atoms with E-state index in [-0.39, 0.29) is 0 Å². The quantitative estimate of drug-likeness (QED) is 0.572. The summed E-state index contributed by atoms with van der Waals surface area (Å²) < 4.78 is 2.84. The lowest BCUT2D eigenvalue weighted by molar-refractivity contribution is 0.707. The van der Waals surface area contributed by atoms with E-state index in [1.54, 1.807) is 0 Å². The minimum atomic E-state index is 0.469. The number of rotatable bonds is 3. The second-order valence-corrected chi connectivity index (χ2v) is 6.14. The molecular formula is C18H12N4S. The fraction of sp³-hybridized carbons (Fsp3) is 0.0556. The Bertz CT molecular complexity index is 994. The van der Waals surface area contributed by atoms with Crippen LogP contribution in [0.15, 0.2) is 60.7 Å². The number of nitrogens with zero attached hydrogens (tertiary/aromatic N) is 4. The number of hydrogen-bond acceptors (Lipinski definition) is 4. The summed E-state index contributed by atoms with van der Waals surface area (Å²) in [6, 6.07) is 22.3. The molecule has 0 amide bonds. The van der Waals surface area contributed by atoms with E-state index in [9.17, 15) is 0 Å². The molecule has 4 rings (SSSR count). The second-order valence-electron chi connectivity index (χ2n) is 5.14. The van der Waals surface area contributed by atoms with Gasteiger partial charge in [0.1, 0.15) is 16.5 Å². The van der Waals surface area contributed by atoms with Crippen molar-refractivity contribution in [2.24, 2.45) is 0 Å². The largest absolute Gasteiger partial charge is 0.241 e. The highest BCUT2D eigenvalue weighted by atomic mass is 32.1. The van der Waals surface area contributed by atoms with E-state index in [1.807, 2.05) is 53.2 Å². The lowest BCUT2D eigenvalue weighted by Crippen LogP contribution is -2.02. The Morgan fingerprint density at radius 1 is 1.00 bits per heavy atom. The molecule has 0 atom stereocenters. The van der Waals surface area contributed by atoms with E-state index >= 15 is 0 Å². The third-order valence-electron chi connectivity index (χ3n) is 3.61. The van der Waals surface area contributed by atoms with Gasteiger partial charge in [-0.3, -0.25) is 0 Å². The number of hydrogen-bond donors (Lipinski definition) is 0. The van der Waals surface area contributed by atoms with Crippen LogP contribution < -0.4 is 0 Å². The molecular weight excluding hydrogens is 304 g/mol. The van der Waals surface area contributed by atoms with Gasteiger partial charge in [-0.25, -0.2) is 9.67 Å². The molecule has 2 heterocycles. The molecule has 4 nitrogen and oxygen atoms in total. The molecule has 4 aromatic rings. The number of nitriles is 1. The van der Waals surface area contributed by atoms with Gasteiger partial charge >= 0.3 is 0 Å². The second kappa shape index (κ2) is 5.67. The molecule has 0 bridgehead atoms. The highest BCUT2D eigenvalue weighted by molar-refractivity contribution is 7.19. The van der Waals surface area contributed by atoms with Crippen molar-refractivity contribution in [1.29, 1.82) is 5.26 Å². The van der Waals surface area contributed by atoms with Crippen LogP contribution in [0.3, 0.4) is 0 Å². The average molecular weight is 316 g/mol. The van der Waals surface area contributed by atoms with Gasteiger partial charge in [0.25, 0.3) is 0 Å². The molecule has 0 aliphatic rings. The zero-order chi connectivity index (χ0) is 15.6. The van der Waals surface area contributed by atoms with E-state index in [1.165, 1.54) is 11.3 Å². The molecule has 5 heteroatoms. The van der Waals surface area contributed by atoms with Gasteiger partial charge in [0.2, 0.25) is 0 Å². The zero-order valence-corrected chi connectivity index (χ0v) is 13.0. The summed E-state index contributed by atoms with van der Waals surface area (Å²) >= 11 is 1.39. The first-order valence-electron chi connectivity index (χ1n) is 7.22. The molecule has 0 aliphatic heterocycles. The predicted molar refractivity (Wildman–Crippen MR) is 91.1 cm³/mol. The fourth-order valence-corrected chi connectivity index (χ4v) is 3.42. The van der Waals surface area contributed by atoms with Crippen LogP contribution in [0, 0.1) is 11.3 Å². The first kappa shape index (κ1) is 13.7. The van der Waals surface area contributed by atoms with E-state index in [4.69, 9.17) is 10.4 Å². The summed E-state index contributed by atoms with van der Waals surface area (Å²) in [6.07, 6.45) is 0. The maximum atomic E-state index is 9.17. The molecule has 0 saturated heterocycles.